The summed E-state index contributed by atoms with van der Waals surface area (Å²) in [4.78, 5) is 13.4. The van der Waals surface area contributed by atoms with Crippen LogP contribution in [-0.4, -0.2) is 11.9 Å². The van der Waals surface area contributed by atoms with Crippen LogP contribution in [0.15, 0.2) is 16.3 Å². The van der Waals surface area contributed by atoms with Gasteiger partial charge in [0.25, 0.3) is 5.91 Å². The first-order valence-corrected chi connectivity index (χ1v) is 7.40. The van der Waals surface area contributed by atoms with Gasteiger partial charge in [-0.05, 0) is 25.3 Å². The van der Waals surface area contributed by atoms with Crippen LogP contribution in [0.4, 0.5) is 0 Å². The van der Waals surface area contributed by atoms with Gasteiger partial charge in [0.1, 0.15) is 0 Å². The zero-order valence-corrected chi connectivity index (χ0v) is 12.4. The Hall–Kier alpha value is -0.480. The maximum absolute atomic E-state index is 11.8. The summed E-state index contributed by atoms with van der Waals surface area (Å²) in [6.07, 6.45) is 3.43. The highest BCUT2D eigenvalue weighted by molar-refractivity contribution is 7.80. The summed E-state index contributed by atoms with van der Waals surface area (Å²) in [5.41, 5.74) is 0. The topological polar surface area (TPSA) is 29.1 Å². The fourth-order valence-electron chi connectivity index (χ4n) is 1.64. The van der Waals surface area contributed by atoms with E-state index in [4.69, 9.17) is 0 Å². The second kappa shape index (κ2) is 7.07. The van der Waals surface area contributed by atoms with Gasteiger partial charge < -0.3 is 5.32 Å². The molecule has 0 spiro atoms. The van der Waals surface area contributed by atoms with Gasteiger partial charge in [0.2, 0.25) is 0 Å². The SMILES string of the molecule is CC(C)CCCC(C)NC(=O)c1cc(S)cs1. The number of rotatable bonds is 6. The van der Waals surface area contributed by atoms with Gasteiger partial charge in [-0.15, -0.1) is 24.0 Å². The van der Waals surface area contributed by atoms with Gasteiger partial charge in [0.05, 0.1) is 4.88 Å². The van der Waals surface area contributed by atoms with E-state index in [9.17, 15) is 4.79 Å². The lowest BCUT2D eigenvalue weighted by molar-refractivity contribution is 0.0942. The van der Waals surface area contributed by atoms with Crippen molar-refractivity contribution < 1.29 is 4.79 Å². The van der Waals surface area contributed by atoms with E-state index in [2.05, 4.69) is 38.7 Å². The smallest absolute Gasteiger partial charge is 0.261 e. The number of nitrogens with one attached hydrogen (secondary N) is 1. The molecule has 0 bridgehead atoms. The molecule has 1 rings (SSSR count). The standard InChI is InChI=1S/C13H21NOS2/c1-9(2)5-4-6-10(3)14-13(15)12-7-11(16)8-17-12/h7-10,16H,4-6H2,1-3H3,(H,14,15). The zero-order chi connectivity index (χ0) is 12.8. The van der Waals surface area contributed by atoms with E-state index in [-0.39, 0.29) is 11.9 Å². The third-order valence-corrected chi connectivity index (χ3v) is 3.97. The van der Waals surface area contributed by atoms with Gasteiger partial charge in [-0.2, -0.15) is 0 Å². The van der Waals surface area contributed by atoms with Crippen molar-refractivity contribution in [2.45, 2.75) is 51.0 Å². The Bertz CT molecular complexity index is 360. The molecule has 96 valence electrons. The van der Waals surface area contributed by atoms with Crippen molar-refractivity contribution in [2.24, 2.45) is 5.92 Å². The Morgan fingerprint density at radius 3 is 2.65 bits per heavy atom. The summed E-state index contributed by atoms with van der Waals surface area (Å²) >= 11 is 5.64. The molecular weight excluding hydrogens is 250 g/mol. The largest absolute Gasteiger partial charge is 0.349 e. The molecule has 1 unspecified atom stereocenters. The van der Waals surface area contributed by atoms with Gasteiger partial charge in [0, 0.05) is 16.3 Å². The molecule has 1 aromatic rings. The fourth-order valence-corrected chi connectivity index (χ4v) is 2.70. The van der Waals surface area contributed by atoms with Crippen LogP contribution < -0.4 is 5.32 Å². The Morgan fingerprint density at radius 2 is 2.12 bits per heavy atom. The number of hydrogen-bond donors (Lipinski definition) is 2. The highest BCUT2D eigenvalue weighted by Crippen LogP contribution is 2.17. The monoisotopic (exact) mass is 271 g/mol. The van der Waals surface area contributed by atoms with Crippen LogP contribution in [-0.2, 0) is 0 Å². The van der Waals surface area contributed by atoms with E-state index in [1.807, 2.05) is 11.4 Å². The van der Waals surface area contributed by atoms with E-state index in [1.54, 1.807) is 0 Å². The molecule has 0 aromatic carbocycles. The summed E-state index contributed by atoms with van der Waals surface area (Å²) in [5.74, 6) is 0.759. The first kappa shape index (κ1) is 14.6. The Kier molecular flexibility index (Phi) is 6.06. The van der Waals surface area contributed by atoms with E-state index >= 15 is 0 Å². The summed E-state index contributed by atoms with van der Waals surface area (Å²) in [7, 11) is 0. The summed E-state index contributed by atoms with van der Waals surface area (Å²) < 4.78 is 0. The van der Waals surface area contributed by atoms with Crippen LogP contribution in [0.3, 0.4) is 0 Å². The van der Waals surface area contributed by atoms with Gasteiger partial charge in [-0.25, -0.2) is 0 Å². The number of thiophene rings is 1. The van der Waals surface area contributed by atoms with Crippen molar-refractivity contribution >= 4 is 29.9 Å². The van der Waals surface area contributed by atoms with Crippen LogP contribution in [0.5, 0.6) is 0 Å². The molecule has 0 fully saturated rings. The van der Waals surface area contributed by atoms with Crippen molar-refractivity contribution in [1.29, 1.82) is 0 Å². The lowest BCUT2D eigenvalue weighted by atomic mass is 10.0. The average Bonchev–Trinajstić information content (AvgIpc) is 2.64. The minimum atomic E-state index is 0.0207. The molecule has 0 aliphatic heterocycles. The molecule has 2 nitrogen and oxygen atoms in total. The lowest BCUT2D eigenvalue weighted by Gasteiger charge is -2.13. The molecule has 4 heteroatoms. The highest BCUT2D eigenvalue weighted by Gasteiger charge is 2.11. The van der Waals surface area contributed by atoms with E-state index < -0.39 is 0 Å². The molecule has 1 aromatic heterocycles. The zero-order valence-electron chi connectivity index (χ0n) is 10.7. The van der Waals surface area contributed by atoms with E-state index in [0.29, 0.717) is 0 Å². The molecule has 17 heavy (non-hydrogen) atoms. The fraction of sp³-hybridized carbons (Fsp3) is 0.615. The third kappa shape index (κ3) is 5.59. The molecular formula is C13H21NOS2. The second-order valence-electron chi connectivity index (χ2n) is 4.87. The Morgan fingerprint density at radius 1 is 1.41 bits per heavy atom. The normalized spacial score (nSPS) is 12.8. The van der Waals surface area contributed by atoms with Crippen LogP contribution in [0.2, 0.25) is 0 Å². The highest BCUT2D eigenvalue weighted by atomic mass is 32.1. The predicted molar refractivity (Wildman–Crippen MR) is 77.2 cm³/mol. The number of carbonyl (C=O) groups excluding carboxylic acids is 1. The molecule has 1 heterocycles. The van der Waals surface area contributed by atoms with Gasteiger partial charge in [0.15, 0.2) is 0 Å². The molecule has 1 N–H and O–H groups in total. The Labute approximate surface area is 113 Å². The van der Waals surface area contributed by atoms with Crippen molar-refractivity contribution in [3.05, 3.63) is 16.3 Å². The van der Waals surface area contributed by atoms with Crippen molar-refractivity contribution in [3.63, 3.8) is 0 Å². The van der Waals surface area contributed by atoms with Crippen LogP contribution in [0.1, 0.15) is 49.7 Å². The van der Waals surface area contributed by atoms with Crippen LogP contribution in [0, 0.1) is 5.92 Å². The molecule has 0 saturated heterocycles. The van der Waals surface area contributed by atoms with Crippen molar-refractivity contribution in [2.75, 3.05) is 0 Å². The minimum absolute atomic E-state index is 0.0207. The number of thiol groups is 1. The van der Waals surface area contributed by atoms with Gasteiger partial charge in [-0.3, -0.25) is 4.79 Å². The molecule has 0 radical (unpaired) electrons. The summed E-state index contributed by atoms with van der Waals surface area (Å²) in [5, 5.41) is 4.90. The van der Waals surface area contributed by atoms with E-state index in [1.165, 1.54) is 24.2 Å². The van der Waals surface area contributed by atoms with Gasteiger partial charge >= 0.3 is 0 Å². The molecule has 1 atom stereocenters. The maximum atomic E-state index is 11.8. The third-order valence-electron chi connectivity index (χ3n) is 2.61. The van der Waals surface area contributed by atoms with Gasteiger partial charge in [-0.1, -0.05) is 26.7 Å². The van der Waals surface area contributed by atoms with Crippen LogP contribution in [0.25, 0.3) is 0 Å². The number of hydrogen-bond acceptors (Lipinski definition) is 3. The quantitative estimate of drug-likeness (QED) is 0.753. The summed E-state index contributed by atoms with van der Waals surface area (Å²) in [6.45, 7) is 6.51. The average molecular weight is 271 g/mol. The van der Waals surface area contributed by atoms with Crippen molar-refractivity contribution in [3.8, 4) is 0 Å². The predicted octanol–water partition coefficient (Wildman–Crippen LogP) is 3.98. The maximum Gasteiger partial charge on any atom is 0.261 e. The first-order valence-electron chi connectivity index (χ1n) is 6.07. The molecule has 0 saturated carbocycles. The summed E-state index contributed by atoms with van der Waals surface area (Å²) in [6, 6.07) is 2.05. The van der Waals surface area contributed by atoms with E-state index in [0.717, 1.165) is 22.1 Å². The van der Waals surface area contributed by atoms with Crippen molar-refractivity contribution in [1.82, 2.24) is 5.32 Å². The molecule has 0 aliphatic rings. The first-order chi connectivity index (χ1) is 7.99. The lowest BCUT2D eigenvalue weighted by Crippen LogP contribution is -2.31. The number of amides is 1. The molecule has 0 aliphatic carbocycles. The molecule has 1 amide bonds. The number of carbonyl (C=O) groups is 1. The van der Waals surface area contributed by atoms with Crippen LogP contribution >= 0.6 is 24.0 Å². The minimum Gasteiger partial charge on any atom is -0.349 e. The Balaban J connectivity index is 2.31. The second-order valence-corrected chi connectivity index (χ2v) is 6.30.